The van der Waals surface area contributed by atoms with Gasteiger partial charge in [0.05, 0.1) is 7.05 Å². The zero-order chi connectivity index (χ0) is 17.9. The van der Waals surface area contributed by atoms with Crippen LogP contribution < -0.4 is 15.0 Å². The Morgan fingerprint density at radius 3 is 2.60 bits per heavy atom. The summed E-state index contributed by atoms with van der Waals surface area (Å²) in [7, 11) is 1.98. The van der Waals surface area contributed by atoms with Gasteiger partial charge in [-0.05, 0) is 43.7 Å². The summed E-state index contributed by atoms with van der Waals surface area (Å²) in [6, 6.07) is 9.40. The quantitative estimate of drug-likeness (QED) is 0.757. The number of benzene rings is 1. The van der Waals surface area contributed by atoms with Gasteiger partial charge in [-0.15, -0.1) is 0 Å². The minimum atomic E-state index is -0.648. The van der Waals surface area contributed by atoms with Crippen LogP contribution in [0.3, 0.4) is 0 Å². The average molecular weight is 346 g/mol. The number of amides is 3. The number of carbonyl (C=O) groups is 2. The van der Waals surface area contributed by atoms with Gasteiger partial charge in [-0.2, -0.15) is 0 Å². The monoisotopic (exact) mass is 346 g/mol. The topological polar surface area (TPSA) is 63.1 Å². The van der Waals surface area contributed by atoms with E-state index in [1.807, 2.05) is 37.4 Å². The maximum Gasteiger partial charge on any atom is 0.329 e. The SMILES string of the molecule is CC1CCC2(CC1)NC(=O)N(C[NH+](C)CCOc1ccccc1)C2=O. The van der Waals surface area contributed by atoms with E-state index in [0.29, 0.717) is 19.2 Å². The van der Waals surface area contributed by atoms with E-state index >= 15 is 0 Å². The molecule has 136 valence electrons. The number of nitrogens with one attached hydrogen (secondary N) is 2. The summed E-state index contributed by atoms with van der Waals surface area (Å²) in [4.78, 5) is 27.6. The normalized spacial score (nSPS) is 27.4. The summed E-state index contributed by atoms with van der Waals surface area (Å²) >= 11 is 0. The predicted molar refractivity (Wildman–Crippen MR) is 94.3 cm³/mol. The third-order valence-electron chi connectivity index (χ3n) is 5.34. The molecule has 1 aliphatic carbocycles. The molecule has 0 bridgehead atoms. The van der Waals surface area contributed by atoms with Crippen LogP contribution in [-0.2, 0) is 4.79 Å². The second kappa shape index (κ2) is 7.44. The Morgan fingerprint density at radius 2 is 1.92 bits per heavy atom. The molecule has 3 rings (SSSR count). The number of para-hydroxylation sites is 1. The summed E-state index contributed by atoms with van der Waals surface area (Å²) in [6.45, 7) is 3.84. The molecule has 2 N–H and O–H groups in total. The molecule has 0 radical (unpaired) electrons. The van der Waals surface area contributed by atoms with Crippen molar-refractivity contribution < 1.29 is 19.2 Å². The van der Waals surface area contributed by atoms with Gasteiger partial charge in [-0.25, -0.2) is 9.69 Å². The number of imide groups is 1. The number of carbonyl (C=O) groups excluding carboxylic acids is 2. The lowest BCUT2D eigenvalue weighted by molar-refractivity contribution is -0.887. The number of nitrogens with zero attached hydrogens (tertiary/aromatic N) is 1. The number of rotatable bonds is 6. The highest BCUT2D eigenvalue weighted by Crippen LogP contribution is 2.35. The van der Waals surface area contributed by atoms with E-state index in [9.17, 15) is 9.59 Å². The maximum absolute atomic E-state index is 12.8. The van der Waals surface area contributed by atoms with Gasteiger partial charge >= 0.3 is 6.03 Å². The molecule has 0 aromatic heterocycles. The molecule has 6 heteroatoms. The molecular formula is C19H28N3O3+. The van der Waals surface area contributed by atoms with Crippen LogP contribution >= 0.6 is 0 Å². The van der Waals surface area contributed by atoms with Gasteiger partial charge in [0.1, 0.15) is 24.4 Å². The van der Waals surface area contributed by atoms with Crippen LogP contribution in [0.2, 0.25) is 0 Å². The fraction of sp³-hybridized carbons (Fsp3) is 0.579. The largest absolute Gasteiger partial charge is 0.488 e. The molecule has 1 aromatic carbocycles. The first-order valence-electron chi connectivity index (χ1n) is 9.13. The lowest BCUT2D eigenvalue weighted by Crippen LogP contribution is -3.11. The lowest BCUT2D eigenvalue weighted by Gasteiger charge is -2.33. The molecule has 1 heterocycles. The Balaban J connectivity index is 1.50. The van der Waals surface area contributed by atoms with Crippen LogP contribution in [-0.4, -0.2) is 49.2 Å². The van der Waals surface area contributed by atoms with Gasteiger partial charge in [0.15, 0.2) is 6.67 Å². The Kier molecular flexibility index (Phi) is 5.27. The van der Waals surface area contributed by atoms with E-state index in [-0.39, 0.29) is 11.9 Å². The van der Waals surface area contributed by atoms with Crippen molar-refractivity contribution in [3.63, 3.8) is 0 Å². The van der Waals surface area contributed by atoms with Crippen LogP contribution in [0.25, 0.3) is 0 Å². The maximum atomic E-state index is 12.8. The fourth-order valence-electron chi connectivity index (χ4n) is 3.62. The average Bonchev–Trinajstić information content (AvgIpc) is 2.83. The van der Waals surface area contributed by atoms with Gasteiger partial charge in [-0.3, -0.25) is 4.79 Å². The standard InChI is InChI=1S/C19H27N3O3/c1-15-8-10-19(11-9-15)17(23)22(18(24)20-19)14-21(2)12-13-25-16-6-4-3-5-7-16/h3-7,15H,8-14H2,1-2H3,(H,20,24)/p+1. The van der Waals surface area contributed by atoms with Crippen molar-refractivity contribution in [3.8, 4) is 5.75 Å². The van der Waals surface area contributed by atoms with Crippen LogP contribution in [0.15, 0.2) is 30.3 Å². The molecule has 1 atom stereocenters. The zero-order valence-corrected chi connectivity index (χ0v) is 15.1. The Bertz CT molecular complexity index is 612. The molecule has 25 heavy (non-hydrogen) atoms. The molecule has 2 fully saturated rings. The van der Waals surface area contributed by atoms with Crippen molar-refractivity contribution in [3.05, 3.63) is 30.3 Å². The van der Waals surface area contributed by atoms with E-state index in [4.69, 9.17) is 4.74 Å². The van der Waals surface area contributed by atoms with Crippen LogP contribution in [0, 0.1) is 5.92 Å². The van der Waals surface area contributed by atoms with Gasteiger partial charge in [0.25, 0.3) is 5.91 Å². The molecule has 1 aromatic rings. The van der Waals surface area contributed by atoms with Crippen molar-refractivity contribution in [2.75, 3.05) is 26.9 Å². The first kappa shape index (κ1) is 17.7. The summed E-state index contributed by atoms with van der Waals surface area (Å²) in [5, 5.41) is 2.97. The highest BCUT2D eigenvalue weighted by Gasteiger charge is 2.52. The smallest absolute Gasteiger partial charge is 0.329 e. The summed E-state index contributed by atoms with van der Waals surface area (Å²) in [6.07, 6.45) is 3.50. The van der Waals surface area contributed by atoms with Crippen LogP contribution in [0.5, 0.6) is 5.75 Å². The first-order chi connectivity index (χ1) is 12.0. The summed E-state index contributed by atoms with van der Waals surface area (Å²) in [5.74, 6) is 1.42. The van der Waals surface area contributed by atoms with E-state index in [0.717, 1.165) is 42.9 Å². The molecule has 1 spiro atoms. The number of hydrogen-bond donors (Lipinski definition) is 2. The third kappa shape index (κ3) is 3.95. The van der Waals surface area contributed by atoms with Crippen molar-refractivity contribution in [2.24, 2.45) is 5.92 Å². The number of urea groups is 1. The van der Waals surface area contributed by atoms with Crippen LogP contribution in [0.4, 0.5) is 4.79 Å². The molecule has 6 nitrogen and oxygen atoms in total. The van der Waals surface area contributed by atoms with E-state index in [1.54, 1.807) is 0 Å². The predicted octanol–water partition coefficient (Wildman–Crippen LogP) is 1.04. The number of ether oxygens (including phenoxy) is 1. The van der Waals surface area contributed by atoms with Crippen molar-refractivity contribution in [1.29, 1.82) is 0 Å². The highest BCUT2D eigenvalue weighted by atomic mass is 16.5. The number of likely N-dealkylation sites (N-methyl/N-ethyl adjacent to an activating group) is 1. The molecule has 2 aliphatic rings. The second-order valence-corrected chi connectivity index (χ2v) is 7.45. The van der Waals surface area contributed by atoms with Crippen molar-refractivity contribution in [2.45, 2.75) is 38.1 Å². The van der Waals surface area contributed by atoms with E-state index in [2.05, 4.69) is 12.2 Å². The van der Waals surface area contributed by atoms with Crippen molar-refractivity contribution >= 4 is 11.9 Å². The van der Waals surface area contributed by atoms with E-state index < -0.39 is 5.54 Å². The molecule has 1 unspecified atom stereocenters. The molecule has 3 amide bonds. The molecular weight excluding hydrogens is 318 g/mol. The molecule has 1 saturated heterocycles. The minimum absolute atomic E-state index is 0.0484. The summed E-state index contributed by atoms with van der Waals surface area (Å²) < 4.78 is 5.69. The van der Waals surface area contributed by atoms with Gasteiger partial charge in [-0.1, -0.05) is 25.1 Å². The minimum Gasteiger partial charge on any atom is -0.488 e. The van der Waals surface area contributed by atoms with Crippen molar-refractivity contribution in [1.82, 2.24) is 10.2 Å². The number of quaternary nitrogens is 1. The number of hydrogen-bond acceptors (Lipinski definition) is 3. The molecule has 1 aliphatic heterocycles. The zero-order valence-electron chi connectivity index (χ0n) is 15.1. The Hall–Kier alpha value is -2.08. The Labute approximate surface area is 149 Å². The first-order valence-corrected chi connectivity index (χ1v) is 9.13. The fourth-order valence-corrected chi connectivity index (χ4v) is 3.62. The second-order valence-electron chi connectivity index (χ2n) is 7.45. The van der Waals surface area contributed by atoms with Crippen LogP contribution in [0.1, 0.15) is 32.6 Å². The van der Waals surface area contributed by atoms with Gasteiger partial charge in [0, 0.05) is 0 Å². The van der Waals surface area contributed by atoms with E-state index in [1.165, 1.54) is 4.90 Å². The van der Waals surface area contributed by atoms with Gasteiger partial charge in [0.2, 0.25) is 0 Å². The Morgan fingerprint density at radius 1 is 1.24 bits per heavy atom. The highest BCUT2D eigenvalue weighted by molar-refractivity contribution is 6.06. The molecule has 1 saturated carbocycles. The summed E-state index contributed by atoms with van der Waals surface area (Å²) in [5.41, 5.74) is -0.648. The van der Waals surface area contributed by atoms with Gasteiger partial charge < -0.3 is 15.0 Å². The lowest BCUT2D eigenvalue weighted by atomic mass is 9.77. The third-order valence-corrected chi connectivity index (χ3v) is 5.34.